The van der Waals surface area contributed by atoms with Crippen LogP contribution in [0.1, 0.15) is 5.56 Å². The summed E-state index contributed by atoms with van der Waals surface area (Å²) in [5.41, 5.74) is 6.87. The minimum Gasteiger partial charge on any atom is -0.480 e. The van der Waals surface area contributed by atoms with Gasteiger partial charge in [0, 0.05) is 5.75 Å². The van der Waals surface area contributed by atoms with E-state index < -0.39 is 12.0 Å². The molecule has 0 spiro atoms. The average molecular weight is 303 g/mol. The van der Waals surface area contributed by atoms with Crippen molar-refractivity contribution in [2.24, 2.45) is 5.73 Å². The Morgan fingerprint density at radius 2 is 2.21 bits per heavy atom. The standard InChI is InChI=1S/C12H15ClN2O3S/c1-7-2-3-10(8(13)4-7)15-11(16)6-19-5-9(14)12(17)18/h2-4,9H,5-6,14H2,1H3,(H,15,16)(H,17,18)/t9-/m1/s1. The third kappa shape index (κ3) is 5.50. The number of thioether (sulfide) groups is 1. The highest BCUT2D eigenvalue weighted by atomic mass is 35.5. The third-order valence-corrected chi connectivity index (χ3v) is 3.62. The van der Waals surface area contributed by atoms with Crippen molar-refractivity contribution in [2.45, 2.75) is 13.0 Å². The van der Waals surface area contributed by atoms with Crippen molar-refractivity contribution >= 4 is 40.9 Å². The van der Waals surface area contributed by atoms with Crippen LogP contribution in [-0.2, 0) is 9.59 Å². The fourth-order valence-corrected chi connectivity index (χ4v) is 2.31. The highest BCUT2D eigenvalue weighted by Crippen LogP contribution is 2.22. The number of nitrogens with one attached hydrogen (secondary N) is 1. The predicted molar refractivity (Wildman–Crippen MR) is 77.8 cm³/mol. The number of carboxylic acid groups (broad SMARTS) is 1. The highest BCUT2D eigenvalue weighted by molar-refractivity contribution is 8.00. The Kier molecular flexibility index (Phi) is 6.14. The van der Waals surface area contributed by atoms with E-state index in [1.807, 2.05) is 13.0 Å². The highest BCUT2D eigenvalue weighted by Gasteiger charge is 2.12. The first-order valence-electron chi connectivity index (χ1n) is 5.52. The molecule has 0 heterocycles. The number of rotatable bonds is 6. The Balaban J connectivity index is 2.41. The second kappa shape index (κ2) is 7.37. The fraction of sp³-hybridized carbons (Fsp3) is 0.333. The number of aliphatic carboxylic acids is 1. The molecule has 5 nitrogen and oxygen atoms in total. The van der Waals surface area contributed by atoms with E-state index in [4.69, 9.17) is 22.4 Å². The molecule has 0 aliphatic carbocycles. The summed E-state index contributed by atoms with van der Waals surface area (Å²) < 4.78 is 0. The zero-order valence-corrected chi connectivity index (χ0v) is 11.9. The number of benzene rings is 1. The van der Waals surface area contributed by atoms with Gasteiger partial charge in [0.25, 0.3) is 0 Å². The summed E-state index contributed by atoms with van der Waals surface area (Å²) in [6.45, 7) is 1.90. The first kappa shape index (κ1) is 15.8. The van der Waals surface area contributed by atoms with Gasteiger partial charge in [0.15, 0.2) is 0 Å². The maximum absolute atomic E-state index is 11.6. The van der Waals surface area contributed by atoms with Crippen LogP contribution in [-0.4, -0.2) is 34.5 Å². The number of carbonyl (C=O) groups excluding carboxylic acids is 1. The van der Waals surface area contributed by atoms with E-state index in [2.05, 4.69) is 5.32 Å². The topological polar surface area (TPSA) is 92.4 Å². The molecule has 0 saturated carbocycles. The Morgan fingerprint density at radius 3 is 2.79 bits per heavy atom. The summed E-state index contributed by atoms with van der Waals surface area (Å²) in [5, 5.41) is 11.7. The van der Waals surface area contributed by atoms with Crippen LogP contribution < -0.4 is 11.1 Å². The van der Waals surface area contributed by atoms with E-state index in [9.17, 15) is 9.59 Å². The van der Waals surface area contributed by atoms with Crippen LogP contribution in [0.25, 0.3) is 0 Å². The maximum Gasteiger partial charge on any atom is 0.321 e. The molecule has 7 heteroatoms. The first-order chi connectivity index (χ1) is 8.90. The molecule has 104 valence electrons. The van der Waals surface area contributed by atoms with Gasteiger partial charge in [-0.25, -0.2) is 0 Å². The van der Waals surface area contributed by atoms with Crippen molar-refractivity contribution < 1.29 is 14.7 Å². The van der Waals surface area contributed by atoms with Gasteiger partial charge in [-0.1, -0.05) is 17.7 Å². The Hall–Kier alpha value is -1.24. The minimum absolute atomic E-state index is 0.130. The second-order valence-corrected chi connectivity index (χ2v) is 5.43. The summed E-state index contributed by atoms with van der Waals surface area (Å²) in [6.07, 6.45) is 0. The van der Waals surface area contributed by atoms with Crippen LogP contribution in [0.2, 0.25) is 5.02 Å². The van der Waals surface area contributed by atoms with Gasteiger partial charge in [0.05, 0.1) is 16.5 Å². The van der Waals surface area contributed by atoms with Gasteiger partial charge in [-0.2, -0.15) is 0 Å². The van der Waals surface area contributed by atoms with Crippen molar-refractivity contribution in [3.05, 3.63) is 28.8 Å². The lowest BCUT2D eigenvalue weighted by molar-refractivity contribution is -0.137. The predicted octanol–water partition coefficient (Wildman–Crippen LogP) is 1.73. The number of amides is 1. The van der Waals surface area contributed by atoms with E-state index in [0.29, 0.717) is 10.7 Å². The summed E-state index contributed by atoms with van der Waals surface area (Å²) in [7, 11) is 0. The van der Waals surface area contributed by atoms with Crippen LogP contribution in [0, 0.1) is 6.92 Å². The van der Waals surface area contributed by atoms with E-state index in [1.165, 1.54) is 11.8 Å². The lowest BCUT2D eigenvalue weighted by Crippen LogP contribution is -2.33. The van der Waals surface area contributed by atoms with Crippen molar-refractivity contribution in [3.8, 4) is 0 Å². The fourth-order valence-electron chi connectivity index (χ4n) is 1.26. The Labute approximate surface area is 120 Å². The quantitative estimate of drug-likeness (QED) is 0.744. The molecule has 19 heavy (non-hydrogen) atoms. The smallest absolute Gasteiger partial charge is 0.321 e. The number of nitrogens with two attached hydrogens (primary N) is 1. The molecule has 1 aromatic rings. The van der Waals surface area contributed by atoms with E-state index >= 15 is 0 Å². The van der Waals surface area contributed by atoms with E-state index in [0.717, 1.165) is 5.56 Å². The summed E-state index contributed by atoms with van der Waals surface area (Å²) in [5.74, 6) is -1.00. The molecular weight excluding hydrogens is 288 g/mol. The molecule has 0 saturated heterocycles. The number of carboxylic acids is 1. The minimum atomic E-state index is -1.07. The number of carbonyl (C=O) groups is 2. The summed E-state index contributed by atoms with van der Waals surface area (Å²) in [4.78, 5) is 22.1. The van der Waals surface area contributed by atoms with Crippen molar-refractivity contribution in [1.82, 2.24) is 0 Å². The lowest BCUT2D eigenvalue weighted by Gasteiger charge is -2.09. The number of hydrogen-bond acceptors (Lipinski definition) is 4. The number of hydrogen-bond donors (Lipinski definition) is 3. The van der Waals surface area contributed by atoms with Gasteiger partial charge >= 0.3 is 5.97 Å². The number of halogens is 1. The molecule has 0 aromatic heterocycles. The largest absolute Gasteiger partial charge is 0.480 e. The van der Waals surface area contributed by atoms with Gasteiger partial charge in [0.2, 0.25) is 5.91 Å². The monoisotopic (exact) mass is 302 g/mol. The van der Waals surface area contributed by atoms with Gasteiger partial charge in [-0.15, -0.1) is 11.8 Å². The van der Waals surface area contributed by atoms with Gasteiger partial charge < -0.3 is 16.2 Å². The van der Waals surface area contributed by atoms with Crippen LogP contribution in [0.3, 0.4) is 0 Å². The molecule has 1 amide bonds. The van der Waals surface area contributed by atoms with Crippen molar-refractivity contribution in [3.63, 3.8) is 0 Å². The molecule has 0 radical (unpaired) electrons. The van der Waals surface area contributed by atoms with Gasteiger partial charge in [-0.05, 0) is 24.6 Å². The van der Waals surface area contributed by atoms with E-state index in [-0.39, 0.29) is 17.4 Å². The molecule has 0 unspecified atom stereocenters. The number of anilines is 1. The van der Waals surface area contributed by atoms with Gasteiger partial charge in [0.1, 0.15) is 6.04 Å². The molecular formula is C12H15ClN2O3S. The molecule has 0 fully saturated rings. The molecule has 4 N–H and O–H groups in total. The maximum atomic E-state index is 11.6. The average Bonchev–Trinajstić information content (AvgIpc) is 2.32. The molecule has 1 atom stereocenters. The van der Waals surface area contributed by atoms with Crippen molar-refractivity contribution in [1.29, 1.82) is 0 Å². The molecule has 1 rings (SSSR count). The Bertz CT molecular complexity index is 482. The van der Waals surface area contributed by atoms with E-state index in [1.54, 1.807) is 12.1 Å². The van der Waals surface area contributed by atoms with Gasteiger partial charge in [-0.3, -0.25) is 9.59 Å². The zero-order chi connectivity index (χ0) is 14.4. The summed E-state index contributed by atoms with van der Waals surface area (Å²) >= 11 is 7.15. The van der Waals surface area contributed by atoms with Crippen LogP contribution in [0.15, 0.2) is 18.2 Å². The second-order valence-electron chi connectivity index (χ2n) is 3.99. The Morgan fingerprint density at radius 1 is 1.53 bits per heavy atom. The summed E-state index contributed by atoms with van der Waals surface area (Å²) in [6, 6.07) is 4.36. The molecule has 0 aliphatic heterocycles. The third-order valence-electron chi connectivity index (χ3n) is 2.25. The van der Waals surface area contributed by atoms with Crippen LogP contribution in [0.4, 0.5) is 5.69 Å². The zero-order valence-electron chi connectivity index (χ0n) is 10.4. The normalized spacial score (nSPS) is 11.9. The van der Waals surface area contributed by atoms with Crippen LogP contribution >= 0.6 is 23.4 Å². The lowest BCUT2D eigenvalue weighted by atomic mass is 10.2. The van der Waals surface area contributed by atoms with Crippen molar-refractivity contribution in [2.75, 3.05) is 16.8 Å². The molecule has 0 bridgehead atoms. The number of aryl methyl sites for hydroxylation is 1. The van der Waals surface area contributed by atoms with Crippen LogP contribution in [0.5, 0.6) is 0 Å². The molecule has 1 aromatic carbocycles. The first-order valence-corrected chi connectivity index (χ1v) is 7.05. The molecule has 0 aliphatic rings. The SMILES string of the molecule is Cc1ccc(NC(=O)CSC[C@@H](N)C(=O)O)c(Cl)c1.